The zero-order valence-electron chi connectivity index (χ0n) is 8.42. The first-order valence-electron chi connectivity index (χ1n) is 4.99. The fourth-order valence-corrected chi connectivity index (χ4v) is 1.56. The van der Waals surface area contributed by atoms with Crippen molar-refractivity contribution < 1.29 is 24.5 Å². The minimum absolute atomic E-state index is 0.101. The van der Waals surface area contributed by atoms with Gasteiger partial charge in [-0.3, -0.25) is 0 Å². The third-order valence-electron chi connectivity index (χ3n) is 2.70. The molecule has 84 valence electrons. The number of hydrogen-bond acceptors (Lipinski definition) is 5. The molecule has 0 saturated carbocycles. The van der Waals surface area contributed by atoms with E-state index in [-0.39, 0.29) is 12.5 Å². The summed E-state index contributed by atoms with van der Waals surface area (Å²) in [6.45, 7) is 1.82. The predicted molar refractivity (Wildman–Crippen MR) is 49.7 cm³/mol. The quantitative estimate of drug-likeness (QED) is 0.422. The molecule has 1 unspecified atom stereocenters. The van der Waals surface area contributed by atoms with Crippen LogP contribution in [0, 0.1) is 5.92 Å². The second-order valence-corrected chi connectivity index (χ2v) is 4.01. The molecule has 1 fully saturated rings. The molecule has 5 nitrogen and oxygen atoms in total. The lowest BCUT2D eigenvalue weighted by atomic mass is 9.98. The minimum Gasteiger partial charge on any atom is -0.471 e. The van der Waals surface area contributed by atoms with Crippen LogP contribution in [0.5, 0.6) is 0 Å². The van der Waals surface area contributed by atoms with Gasteiger partial charge in [0, 0.05) is 5.92 Å². The van der Waals surface area contributed by atoms with E-state index in [9.17, 15) is 15.0 Å². The Morgan fingerprint density at radius 1 is 1.47 bits per heavy atom. The lowest BCUT2D eigenvalue weighted by molar-refractivity contribution is -0.148. The van der Waals surface area contributed by atoms with Crippen molar-refractivity contribution in [2.75, 3.05) is 6.61 Å². The number of epoxide rings is 1. The van der Waals surface area contributed by atoms with Gasteiger partial charge in [0.05, 0.1) is 18.8 Å². The topological polar surface area (TPSA) is 79.3 Å². The molecule has 0 aromatic heterocycles. The number of esters is 1. The van der Waals surface area contributed by atoms with E-state index >= 15 is 0 Å². The van der Waals surface area contributed by atoms with E-state index in [4.69, 9.17) is 9.47 Å². The standard InChI is InChI=1S/C10H14O5/c1-5-4-14-10(13)9-7(15-9)3-2-6(11)8(5)12/h3,5-6,8-9,11-12H,2,4H2,1H3/t5-,6-,8+,9?/m0/s1. The Kier molecular flexibility index (Phi) is 2.67. The van der Waals surface area contributed by atoms with Gasteiger partial charge in [-0.15, -0.1) is 0 Å². The molecular weight excluding hydrogens is 200 g/mol. The number of fused-ring (bicyclic) bond motifs is 1. The molecule has 0 radical (unpaired) electrons. The van der Waals surface area contributed by atoms with Crippen molar-refractivity contribution in [2.24, 2.45) is 5.92 Å². The van der Waals surface area contributed by atoms with E-state index in [0.717, 1.165) is 0 Å². The Morgan fingerprint density at radius 3 is 2.93 bits per heavy atom. The van der Waals surface area contributed by atoms with Crippen molar-refractivity contribution in [3.05, 3.63) is 11.8 Å². The summed E-state index contributed by atoms with van der Waals surface area (Å²) in [7, 11) is 0. The largest absolute Gasteiger partial charge is 0.471 e. The van der Waals surface area contributed by atoms with Gasteiger partial charge in [-0.1, -0.05) is 6.92 Å². The molecule has 5 heteroatoms. The van der Waals surface area contributed by atoms with Crippen molar-refractivity contribution in [3.63, 3.8) is 0 Å². The molecule has 2 heterocycles. The van der Waals surface area contributed by atoms with Crippen molar-refractivity contribution in [2.45, 2.75) is 31.7 Å². The maximum atomic E-state index is 11.3. The number of carbonyl (C=O) groups excluding carboxylic acids is 1. The van der Waals surface area contributed by atoms with E-state index in [0.29, 0.717) is 12.2 Å². The monoisotopic (exact) mass is 214 g/mol. The number of ether oxygens (including phenoxy) is 2. The normalized spacial score (nSPS) is 40.7. The molecule has 0 aromatic carbocycles. The summed E-state index contributed by atoms with van der Waals surface area (Å²) < 4.78 is 9.90. The summed E-state index contributed by atoms with van der Waals surface area (Å²) in [6, 6.07) is 0. The van der Waals surface area contributed by atoms with Crippen LogP contribution in [0.1, 0.15) is 13.3 Å². The highest BCUT2D eigenvalue weighted by molar-refractivity contribution is 5.81. The van der Waals surface area contributed by atoms with E-state index < -0.39 is 24.3 Å². The maximum Gasteiger partial charge on any atom is 0.355 e. The second kappa shape index (κ2) is 3.83. The number of cyclic esters (lactones) is 1. The van der Waals surface area contributed by atoms with Gasteiger partial charge in [0.15, 0.2) is 0 Å². The summed E-state index contributed by atoms with van der Waals surface area (Å²) in [5.41, 5.74) is 0. The van der Waals surface area contributed by atoms with Gasteiger partial charge in [0.2, 0.25) is 0 Å². The van der Waals surface area contributed by atoms with Crippen LogP contribution in [-0.4, -0.2) is 41.1 Å². The fourth-order valence-electron chi connectivity index (χ4n) is 1.56. The number of carbonyl (C=O) groups is 1. The van der Waals surface area contributed by atoms with Gasteiger partial charge < -0.3 is 19.7 Å². The van der Waals surface area contributed by atoms with Crippen molar-refractivity contribution in [1.82, 2.24) is 0 Å². The smallest absolute Gasteiger partial charge is 0.355 e. The highest BCUT2D eigenvalue weighted by atomic mass is 16.6. The Balaban J connectivity index is 2.09. The number of aliphatic hydroxyl groups excluding tert-OH is 2. The molecule has 2 aliphatic heterocycles. The van der Waals surface area contributed by atoms with Crippen LogP contribution in [0.3, 0.4) is 0 Å². The first-order valence-corrected chi connectivity index (χ1v) is 4.99. The van der Waals surface area contributed by atoms with Gasteiger partial charge >= 0.3 is 5.97 Å². The summed E-state index contributed by atoms with van der Waals surface area (Å²) >= 11 is 0. The highest BCUT2D eigenvalue weighted by Crippen LogP contribution is 2.30. The molecule has 1 saturated heterocycles. The van der Waals surface area contributed by atoms with Gasteiger partial charge in [0.1, 0.15) is 5.76 Å². The number of rotatable bonds is 0. The number of hydrogen-bond donors (Lipinski definition) is 2. The summed E-state index contributed by atoms with van der Waals surface area (Å²) in [5.74, 6) is -0.171. The van der Waals surface area contributed by atoms with Crippen LogP contribution in [0.15, 0.2) is 11.8 Å². The third kappa shape index (κ3) is 2.13. The van der Waals surface area contributed by atoms with Crippen LogP contribution in [0.25, 0.3) is 0 Å². The minimum atomic E-state index is -0.884. The molecule has 0 amide bonds. The average molecular weight is 214 g/mol. The molecule has 4 atom stereocenters. The van der Waals surface area contributed by atoms with E-state index in [1.165, 1.54) is 0 Å². The average Bonchev–Trinajstić information content (AvgIpc) is 2.99. The molecular formula is C10H14O5. The molecule has 2 N–H and O–H groups in total. The Labute approximate surface area is 87.3 Å². The van der Waals surface area contributed by atoms with E-state index in [1.807, 2.05) is 0 Å². The first kappa shape index (κ1) is 10.4. The van der Waals surface area contributed by atoms with Crippen LogP contribution < -0.4 is 0 Å². The molecule has 0 aliphatic carbocycles. The zero-order chi connectivity index (χ0) is 11.0. The lowest BCUT2D eigenvalue weighted by Gasteiger charge is -2.22. The highest BCUT2D eigenvalue weighted by Gasteiger charge is 2.42. The van der Waals surface area contributed by atoms with Crippen molar-refractivity contribution in [3.8, 4) is 0 Å². The van der Waals surface area contributed by atoms with Gasteiger partial charge in [-0.25, -0.2) is 4.79 Å². The molecule has 0 bridgehead atoms. The number of aliphatic hydroxyl groups is 2. The maximum absolute atomic E-state index is 11.3. The SMILES string of the molecule is C[C@H]1COC(=O)C2OC2=CC[C@H](O)[C@@H]1O. The molecule has 0 aromatic rings. The predicted octanol–water partition coefficient (Wildman–Crippen LogP) is -0.426. The van der Waals surface area contributed by atoms with Crippen LogP contribution in [0.2, 0.25) is 0 Å². The zero-order valence-corrected chi connectivity index (χ0v) is 8.42. The summed E-state index contributed by atoms with van der Waals surface area (Å²) in [5, 5.41) is 19.2. The Hall–Kier alpha value is -1.07. The molecule has 2 aliphatic rings. The lowest BCUT2D eigenvalue weighted by Crippen LogP contribution is -2.35. The fraction of sp³-hybridized carbons (Fsp3) is 0.700. The van der Waals surface area contributed by atoms with E-state index in [1.54, 1.807) is 13.0 Å². The van der Waals surface area contributed by atoms with Crippen molar-refractivity contribution >= 4 is 5.97 Å². The molecule has 0 spiro atoms. The third-order valence-corrected chi connectivity index (χ3v) is 2.70. The Morgan fingerprint density at radius 2 is 2.20 bits per heavy atom. The van der Waals surface area contributed by atoms with Gasteiger partial charge in [-0.2, -0.15) is 0 Å². The van der Waals surface area contributed by atoms with Crippen LogP contribution >= 0.6 is 0 Å². The summed E-state index contributed by atoms with van der Waals surface area (Å²) in [4.78, 5) is 11.3. The Bertz CT molecular complexity index is 298. The van der Waals surface area contributed by atoms with Crippen LogP contribution in [-0.2, 0) is 14.3 Å². The second-order valence-electron chi connectivity index (χ2n) is 4.01. The molecule has 15 heavy (non-hydrogen) atoms. The van der Waals surface area contributed by atoms with Gasteiger partial charge in [-0.05, 0) is 12.5 Å². The van der Waals surface area contributed by atoms with Crippen molar-refractivity contribution in [1.29, 1.82) is 0 Å². The summed E-state index contributed by atoms with van der Waals surface area (Å²) in [6.07, 6.45) is -0.388. The molecule has 2 rings (SSSR count). The van der Waals surface area contributed by atoms with E-state index in [2.05, 4.69) is 0 Å². The van der Waals surface area contributed by atoms with Crippen LogP contribution in [0.4, 0.5) is 0 Å². The van der Waals surface area contributed by atoms with Gasteiger partial charge in [0.25, 0.3) is 6.10 Å². The first-order chi connectivity index (χ1) is 7.09.